The minimum Gasteiger partial charge on any atom is -0.391 e. The van der Waals surface area contributed by atoms with E-state index >= 15 is 0 Å². The van der Waals surface area contributed by atoms with Crippen LogP contribution in [0.2, 0.25) is 0 Å². The largest absolute Gasteiger partial charge is 0.391 e. The van der Waals surface area contributed by atoms with E-state index in [1.807, 2.05) is 61.5 Å². The summed E-state index contributed by atoms with van der Waals surface area (Å²) in [7, 11) is 0. The van der Waals surface area contributed by atoms with E-state index < -0.39 is 6.10 Å². The van der Waals surface area contributed by atoms with Crippen LogP contribution in [-0.2, 0) is 6.42 Å². The zero-order valence-corrected chi connectivity index (χ0v) is 11.8. The maximum atomic E-state index is 10.2. The van der Waals surface area contributed by atoms with Gasteiger partial charge < -0.3 is 10.8 Å². The molecule has 0 amide bonds. The molecule has 3 N–H and O–H groups in total. The molecule has 2 aromatic rings. The smallest absolute Gasteiger partial charge is 0.0773 e. The van der Waals surface area contributed by atoms with Gasteiger partial charge in [0.1, 0.15) is 0 Å². The Labute approximate surface area is 120 Å². The van der Waals surface area contributed by atoms with Crippen LogP contribution >= 0.6 is 12.4 Å². The van der Waals surface area contributed by atoms with E-state index in [2.05, 4.69) is 0 Å². The van der Waals surface area contributed by atoms with Gasteiger partial charge >= 0.3 is 0 Å². The van der Waals surface area contributed by atoms with Crippen LogP contribution in [-0.4, -0.2) is 11.2 Å². The van der Waals surface area contributed by atoms with E-state index in [-0.39, 0.29) is 18.4 Å². The van der Waals surface area contributed by atoms with E-state index in [1.54, 1.807) is 0 Å². The summed E-state index contributed by atoms with van der Waals surface area (Å²) in [5.41, 5.74) is 9.36. The number of aliphatic hydroxyl groups is 1. The number of nitrogens with two attached hydrogens (primary N) is 1. The van der Waals surface area contributed by atoms with E-state index in [0.717, 1.165) is 16.7 Å². The molecule has 2 atom stereocenters. The lowest BCUT2D eigenvalue weighted by atomic mass is 9.96. The molecule has 0 aliphatic carbocycles. The Bertz CT molecular complexity index is 501. The predicted octanol–water partition coefficient (Wildman–Crippen LogP) is 3.02. The number of halogens is 1. The lowest BCUT2D eigenvalue weighted by Gasteiger charge is -2.19. The Balaban J connectivity index is 0.00000180. The monoisotopic (exact) mass is 277 g/mol. The van der Waals surface area contributed by atoms with Crippen molar-refractivity contribution >= 4 is 12.4 Å². The SMILES string of the molecule is Cc1cccc([C@@H](N)[C@@H](O)Cc2ccccc2)c1.Cl. The third-order valence-corrected chi connectivity index (χ3v) is 3.13. The average molecular weight is 278 g/mol. The van der Waals surface area contributed by atoms with Crippen molar-refractivity contribution in [2.75, 3.05) is 0 Å². The topological polar surface area (TPSA) is 46.2 Å². The number of hydrogen-bond donors (Lipinski definition) is 2. The van der Waals surface area contributed by atoms with Crippen molar-refractivity contribution in [2.24, 2.45) is 5.73 Å². The molecule has 0 fully saturated rings. The average Bonchev–Trinajstić information content (AvgIpc) is 2.39. The second-order valence-electron chi connectivity index (χ2n) is 4.70. The second-order valence-corrected chi connectivity index (χ2v) is 4.70. The molecule has 19 heavy (non-hydrogen) atoms. The molecule has 0 saturated carbocycles. The van der Waals surface area contributed by atoms with Crippen molar-refractivity contribution < 1.29 is 5.11 Å². The highest BCUT2D eigenvalue weighted by atomic mass is 35.5. The van der Waals surface area contributed by atoms with Crippen molar-refractivity contribution in [3.8, 4) is 0 Å². The van der Waals surface area contributed by atoms with E-state index in [0.29, 0.717) is 6.42 Å². The maximum absolute atomic E-state index is 10.2. The molecule has 102 valence electrons. The van der Waals surface area contributed by atoms with Gasteiger partial charge in [0.05, 0.1) is 12.1 Å². The number of benzene rings is 2. The normalized spacial score (nSPS) is 13.4. The lowest BCUT2D eigenvalue weighted by molar-refractivity contribution is 0.145. The van der Waals surface area contributed by atoms with Gasteiger partial charge in [-0.2, -0.15) is 0 Å². The Morgan fingerprint density at radius 1 is 1.05 bits per heavy atom. The van der Waals surface area contributed by atoms with Crippen LogP contribution in [0.5, 0.6) is 0 Å². The number of aliphatic hydroxyl groups excluding tert-OH is 1. The van der Waals surface area contributed by atoms with Crippen LogP contribution in [0.1, 0.15) is 22.7 Å². The zero-order valence-electron chi connectivity index (χ0n) is 11.0. The standard InChI is InChI=1S/C16H19NO.ClH/c1-12-6-5-9-14(10-12)16(17)15(18)11-13-7-3-2-4-8-13;/h2-10,15-16,18H,11,17H2,1H3;1H/t15-,16+;/m0./s1. The van der Waals surface area contributed by atoms with Crippen LogP contribution in [0, 0.1) is 6.92 Å². The number of aryl methyl sites for hydroxylation is 1. The van der Waals surface area contributed by atoms with Crippen LogP contribution in [0.15, 0.2) is 54.6 Å². The minimum absolute atomic E-state index is 0. The molecular weight excluding hydrogens is 258 g/mol. The fourth-order valence-electron chi connectivity index (χ4n) is 2.08. The fourth-order valence-corrected chi connectivity index (χ4v) is 2.08. The first-order valence-electron chi connectivity index (χ1n) is 6.21. The zero-order chi connectivity index (χ0) is 13.0. The first kappa shape index (κ1) is 15.7. The molecule has 0 aliphatic rings. The molecule has 0 unspecified atom stereocenters. The summed E-state index contributed by atoms with van der Waals surface area (Å²) in [5, 5.41) is 10.2. The van der Waals surface area contributed by atoms with Crippen molar-refractivity contribution in [2.45, 2.75) is 25.5 Å². The molecule has 0 saturated heterocycles. The third-order valence-electron chi connectivity index (χ3n) is 3.13. The van der Waals surface area contributed by atoms with Gasteiger partial charge in [-0.3, -0.25) is 0 Å². The summed E-state index contributed by atoms with van der Waals surface area (Å²) >= 11 is 0. The Morgan fingerprint density at radius 2 is 1.74 bits per heavy atom. The van der Waals surface area contributed by atoms with Crippen molar-refractivity contribution in [3.05, 3.63) is 71.3 Å². The molecule has 0 radical (unpaired) electrons. The summed E-state index contributed by atoms with van der Waals surface area (Å²) in [6.45, 7) is 2.03. The molecule has 2 nitrogen and oxygen atoms in total. The maximum Gasteiger partial charge on any atom is 0.0773 e. The quantitative estimate of drug-likeness (QED) is 0.902. The van der Waals surface area contributed by atoms with Crippen LogP contribution in [0.4, 0.5) is 0 Å². The van der Waals surface area contributed by atoms with Gasteiger partial charge in [-0.05, 0) is 18.1 Å². The summed E-state index contributed by atoms with van der Waals surface area (Å²) < 4.78 is 0. The molecule has 0 spiro atoms. The highest BCUT2D eigenvalue weighted by Crippen LogP contribution is 2.18. The number of hydrogen-bond acceptors (Lipinski definition) is 2. The minimum atomic E-state index is -0.561. The highest BCUT2D eigenvalue weighted by molar-refractivity contribution is 5.85. The first-order valence-corrected chi connectivity index (χ1v) is 6.21. The third kappa shape index (κ3) is 4.35. The predicted molar refractivity (Wildman–Crippen MR) is 81.5 cm³/mol. The molecule has 0 heterocycles. The van der Waals surface area contributed by atoms with Crippen molar-refractivity contribution in [1.82, 2.24) is 0 Å². The fraction of sp³-hybridized carbons (Fsp3) is 0.250. The summed E-state index contributed by atoms with van der Waals surface area (Å²) in [5.74, 6) is 0. The Kier molecular flexibility index (Phi) is 6.03. The molecule has 2 aromatic carbocycles. The van der Waals surface area contributed by atoms with Gasteiger partial charge in [0.2, 0.25) is 0 Å². The molecular formula is C16H20ClNO. The van der Waals surface area contributed by atoms with E-state index in [1.165, 1.54) is 0 Å². The summed E-state index contributed by atoms with van der Waals surface area (Å²) in [6.07, 6.45) is 0.0184. The Hall–Kier alpha value is -1.35. The molecule has 0 bridgehead atoms. The Morgan fingerprint density at radius 3 is 2.37 bits per heavy atom. The molecule has 2 rings (SSSR count). The van der Waals surface area contributed by atoms with Gasteiger partial charge in [0.25, 0.3) is 0 Å². The summed E-state index contributed by atoms with van der Waals surface area (Å²) in [4.78, 5) is 0. The molecule has 3 heteroatoms. The van der Waals surface area contributed by atoms with Crippen LogP contribution in [0.25, 0.3) is 0 Å². The lowest BCUT2D eigenvalue weighted by Crippen LogP contribution is -2.28. The van der Waals surface area contributed by atoms with Gasteiger partial charge in [-0.1, -0.05) is 60.2 Å². The highest BCUT2D eigenvalue weighted by Gasteiger charge is 2.17. The van der Waals surface area contributed by atoms with Gasteiger partial charge in [0, 0.05) is 6.42 Å². The van der Waals surface area contributed by atoms with Gasteiger partial charge in [0.15, 0.2) is 0 Å². The van der Waals surface area contributed by atoms with Gasteiger partial charge in [-0.15, -0.1) is 12.4 Å². The first-order chi connectivity index (χ1) is 8.66. The van der Waals surface area contributed by atoms with E-state index in [9.17, 15) is 5.11 Å². The van der Waals surface area contributed by atoms with Crippen molar-refractivity contribution in [1.29, 1.82) is 0 Å². The summed E-state index contributed by atoms with van der Waals surface area (Å²) in [6, 6.07) is 17.6. The van der Waals surface area contributed by atoms with Crippen molar-refractivity contribution in [3.63, 3.8) is 0 Å². The van der Waals surface area contributed by atoms with E-state index in [4.69, 9.17) is 5.73 Å². The number of rotatable bonds is 4. The second kappa shape index (κ2) is 7.29. The molecule has 0 aromatic heterocycles. The molecule has 0 aliphatic heterocycles. The van der Waals surface area contributed by atoms with Gasteiger partial charge in [-0.25, -0.2) is 0 Å². The van der Waals surface area contributed by atoms with Crippen LogP contribution in [0.3, 0.4) is 0 Å². The van der Waals surface area contributed by atoms with Crippen LogP contribution < -0.4 is 5.73 Å².